The number of amides is 2. The summed E-state index contributed by atoms with van der Waals surface area (Å²) in [5.41, 5.74) is 1.72. The standard InChI is InChI=1S/C22H33N3O3/c1-22(2,3)21(27)24-16-9-10-19(25-11-5-4-6-12-25)18(14-16)20(26)23-15-17-8-7-13-28-17/h9-10,14,17H,4-8,11-13,15H2,1-3H3,(H,23,26)(H,24,27)/t17-/m0/s1. The topological polar surface area (TPSA) is 70.7 Å². The molecule has 0 bridgehead atoms. The number of rotatable bonds is 5. The second kappa shape index (κ2) is 8.95. The highest BCUT2D eigenvalue weighted by Crippen LogP contribution is 2.28. The number of ether oxygens (including phenoxy) is 1. The smallest absolute Gasteiger partial charge is 0.253 e. The number of carbonyl (C=O) groups excluding carboxylic acids is 2. The molecule has 1 aromatic carbocycles. The molecule has 154 valence electrons. The lowest BCUT2D eigenvalue weighted by molar-refractivity contribution is -0.123. The van der Waals surface area contributed by atoms with E-state index >= 15 is 0 Å². The normalized spacial score (nSPS) is 20.1. The molecule has 0 unspecified atom stereocenters. The van der Waals surface area contributed by atoms with Gasteiger partial charge in [0.1, 0.15) is 0 Å². The molecule has 3 rings (SSSR count). The Kier molecular flexibility index (Phi) is 6.60. The summed E-state index contributed by atoms with van der Waals surface area (Å²) >= 11 is 0. The van der Waals surface area contributed by atoms with Crippen LogP contribution in [0.2, 0.25) is 0 Å². The van der Waals surface area contributed by atoms with Crippen molar-refractivity contribution in [3.05, 3.63) is 23.8 Å². The lowest BCUT2D eigenvalue weighted by atomic mass is 9.95. The van der Waals surface area contributed by atoms with Crippen LogP contribution in [0.25, 0.3) is 0 Å². The van der Waals surface area contributed by atoms with Crippen LogP contribution in [0.1, 0.15) is 63.2 Å². The van der Waals surface area contributed by atoms with Gasteiger partial charge in [0.2, 0.25) is 5.91 Å². The molecule has 2 heterocycles. The second-order valence-corrected chi connectivity index (χ2v) is 8.83. The molecular weight excluding hydrogens is 354 g/mol. The average Bonchev–Trinajstić information content (AvgIpc) is 3.19. The van der Waals surface area contributed by atoms with Crippen LogP contribution in [-0.4, -0.2) is 44.2 Å². The molecular formula is C22H33N3O3. The average molecular weight is 388 g/mol. The molecule has 0 saturated carbocycles. The molecule has 2 fully saturated rings. The van der Waals surface area contributed by atoms with Gasteiger partial charge in [0.25, 0.3) is 5.91 Å². The summed E-state index contributed by atoms with van der Waals surface area (Å²) in [5.74, 6) is -0.174. The molecule has 1 atom stereocenters. The summed E-state index contributed by atoms with van der Waals surface area (Å²) in [6, 6.07) is 5.66. The molecule has 0 aromatic heterocycles. The van der Waals surface area contributed by atoms with E-state index in [0.717, 1.165) is 51.1 Å². The third kappa shape index (κ3) is 5.25. The van der Waals surface area contributed by atoms with Crippen LogP contribution < -0.4 is 15.5 Å². The zero-order valence-corrected chi connectivity index (χ0v) is 17.3. The number of hydrogen-bond donors (Lipinski definition) is 2. The summed E-state index contributed by atoms with van der Waals surface area (Å²) < 4.78 is 5.62. The van der Waals surface area contributed by atoms with Crippen molar-refractivity contribution in [1.29, 1.82) is 0 Å². The fourth-order valence-corrected chi connectivity index (χ4v) is 3.63. The largest absolute Gasteiger partial charge is 0.376 e. The number of carbonyl (C=O) groups is 2. The third-order valence-electron chi connectivity index (χ3n) is 5.39. The molecule has 2 saturated heterocycles. The van der Waals surface area contributed by atoms with E-state index in [9.17, 15) is 9.59 Å². The molecule has 6 nitrogen and oxygen atoms in total. The van der Waals surface area contributed by atoms with E-state index in [0.29, 0.717) is 17.8 Å². The molecule has 28 heavy (non-hydrogen) atoms. The van der Waals surface area contributed by atoms with Gasteiger partial charge in [0.05, 0.1) is 11.7 Å². The monoisotopic (exact) mass is 387 g/mol. The minimum Gasteiger partial charge on any atom is -0.376 e. The number of piperidine rings is 1. The fraction of sp³-hybridized carbons (Fsp3) is 0.636. The van der Waals surface area contributed by atoms with Crippen LogP contribution >= 0.6 is 0 Å². The lowest BCUT2D eigenvalue weighted by Crippen LogP contribution is -2.35. The molecule has 2 N–H and O–H groups in total. The highest BCUT2D eigenvalue weighted by Gasteiger charge is 2.24. The SMILES string of the molecule is CC(C)(C)C(=O)Nc1ccc(N2CCCCC2)c(C(=O)NC[C@@H]2CCCO2)c1. The third-order valence-corrected chi connectivity index (χ3v) is 5.39. The first-order chi connectivity index (χ1) is 13.3. The first-order valence-electron chi connectivity index (χ1n) is 10.4. The number of hydrogen-bond acceptors (Lipinski definition) is 4. The van der Waals surface area contributed by atoms with Gasteiger partial charge in [-0.2, -0.15) is 0 Å². The summed E-state index contributed by atoms with van der Waals surface area (Å²) in [6.45, 7) is 8.84. The minimum absolute atomic E-state index is 0.0658. The molecule has 2 aliphatic rings. The quantitative estimate of drug-likeness (QED) is 0.810. The van der Waals surface area contributed by atoms with Crippen molar-refractivity contribution in [2.75, 3.05) is 36.5 Å². The van der Waals surface area contributed by atoms with Gasteiger partial charge in [0.15, 0.2) is 0 Å². The maximum absolute atomic E-state index is 13.0. The zero-order valence-electron chi connectivity index (χ0n) is 17.3. The van der Waals surface area contributed by atoms with Crippen LogP contribution in [0.4, 0.5) is 11.4 Å². The first-order valence-corrected chi connectivity index (χ1v) is 10.4. The number of anilines is 2. The van der Waals surface area contributed by atoms with Gasteiger partial charge in [-0.25, -0.2) is 0 Å². The van der Waals surface area contributed by atoms with Crippen molar-refractivity contribution in [1.82, 2.24) is 5.32 Å². The van der Waals surface area contributed by atoms with Crippen molar-refractivity contribution in [3.63, 3.8) is 0 Å². The van der Waals surface area contributed by atoms with Crippen molar-refractivity contribution < 1.29 is 14.3 Å². The molecule has 6 heteroatoms. The Balaban J connectivity index is 1.80. The Morgan fingerprint density at radius 1 is 1.14 bits per heavy atom. The first kappa shape index (κ1) is 20.6. The Labute approximate surface area is 168 Å². The predicted octanol–water partition coefficient (Wildman–Crippen LogP) is 3.57. The molecule has 0 spiro atoms. The number of benzene rings is 1. The highest BCUT2D eigenvalue weighted by atomic mass is 16.5. The molecule has 1 aromatic rings. The van der Waals surface area contributed by atoms with Crippen LogP contribution in [0, 0.1) is 5.41 Å². The molecule has 2 aliphatic heterocycles. The Morgan fingerprint density at radius 3 is 2.54 bits per heavy atom. The number of nitrogens with zero attached hydrogens (tertiary/aromatic N) is 1. The molecule has 0 radical (unpaired) electrons. The Hall–Kier alpha value is -2.08. The van der Waals surface area contributed by atoms with Crippen LogP contribution in [0.5, 0.6) is 0 Å². The van der Waals surface area contributed by atoms with E-state index in [4.69, 9.17) is 4.74 Å². The van der Waals surface area contributed by atoms with Gasteiger partial charge < -0.3 is 20.3 Å². The molecule has 0 aliphatic carbocycles. The Bertz CT molecular complexity index is 699. The maximum atomic E-state index is 13.0. The van der Waals surface area contributed by atoms with Gasteiger partial charge >= 0.3 is 0 Å². The van der Waals surface area contributed by atoms with Crippen molar-refractivity contribution in [2.45, 2.75) is 59.0 Å². The summed E-state index contributed by atoms with van der Waals surface area (Å²) in [5, 5.41) is 5.97. The van der Waals surface area contributed by atoms with Crippen molar-refractivity contribution >= 4 is 23.2 Å². The van der Waals surface area contributed by atoms with E-state index in [-0.39, 0.29) is 17.9 Å². The summed E-state index contributed by atoms with van der Waals surface area (Å²) in [7, 11) is 0. The second-order valence-electron chi connectivity index (χ2n) is 8.83. The lowest BCUT2D eigenvalue weighted by Gasteiger charge is -2.31. The van der Waals surface area contributed by atoms with E-state index in [1.54, 1.807) is 6.07 Å². The number of nitrogens with one attached hydrogen (secondary N) is 2. The van der Waals surface area contributed by atoms with Crippen LogP contribution in [-0.2, 0) is 9.53 Å². The van der Waals surface area contributed by atoms with Gasteiger partial charge in [-0.05, 0) is 50.3 Å². The Morgan fingerprint density at radius 2 is 1.89 bits per heavy atom. The van der Waals surface area contributed by atoms with Crippen LogP contribution in [0.15, 0.2) is 18.2 Å². The van der Waals surface area contributed by atoms with Gasteiger partial charge in [-0.15, -0.1) is 0 Å². The minimum atomic E-state index is -0.492. The predicted molar refractivity (Wildman–Crippen MR) is 112 cm³/mol. The zero-order chi connectivity index (χ0) is 20.1. The van der Waals surface area contributed by atoms with Crippen LogP contribution in [0.3, 0.4) is 0 Å². The van der Waals surface area contributed by atoms with E-state index < -0.39 is 5.41 Å². The summed E-state index contributed by atoms with van der Waals surface area (Å²) in [4.78, 5) is 27.6. The van der Waals surface area contributed by atoms with Gasteiger partial charge in [0, 0.05) is 43.0 Å². The molecule has 2 amide bonds. The van der Waals surface area contributed by atoms with Crippen molar-refractivity contribution in [3.8, 4) is 0 Å². The fourth-order valence-electron chi connectivity index (χ4n) is 3.63. The van der Waals surface area contributed by atoms with E-state index in [1.807, 2.05) is 32.9 Å². The maximum Gasteiger partial charge on any atom is 0.253 e. The highest BCUT2D eigenvalue weighted by molar-refractivity contribution is 6.02. The van der Waals surface area contributed by atoms with Gasteiger partial charge in [-0.1, -0.05) is 20.8 Å². The van der Waals surface area contributed by atoms with Crippen molar-refractivity contribution in [2.24, 2.45) is 5.41 Å². The van der Waals surface area contributed by atoms with E-state index in [2.05, 4.69) is 15.5 Å². The summed E-state index contributed by atoms with van der Waals surface area (Å²) in [6.07, 6.45) is 5.65. The van der Waals surface area contributed by atoms with Gasteiger partial charge in [-0.3, -0.25) is 9.59 Å². The van der Waals surface area contributed by atoms with E-state index in [1.165, 1.54) is 6.42 Å².